The van der Waals surface area contributed by atoms with E-state index in [1.54, 1.807) is 17.7 Å². The molecule has 0 unspecified atom stereocenters. The molecule has 3 aromatic heterocycles. The lowest BCUT2D eigenvalue weighted by Gasteiger charge is -2.25. The fourth-order valence-corrected chi connectivity index (χ4v) is 6.72. The number of aromatic nitrogens is 5. The summed E-state index contributed by atoms with van der Waals surface area (Å²) in [6, 6.07) is 6.38. The quantitative estimate of drug-likeness (QED) is 0.294. The van der Waals surface area contributed by atoms with E-state index in [0.29, 0.717) is 29.3 Å². The van der Waals surface area contributed by atoms with E-state index in [0.717, 1.165) is 41.7 Å². The molecule has 2 fully saturated rings. The van der Waals surface area contributed by atoms with Crippen LogP contribution >= 0.6 is 11.6 Å². The molecule has 224 valence electrons. The Labute approximate surface area is 253 Å². The van der Waals surface area contributed by atoms with E-state index in [2.05, 4.69) is 25.2 Å². The minimum Gasteiger partial charge on any atom is -0.377 e. The second-order valence-corrected chi connectivity index (χ2v) is 13.7. The zero-order chi connectivity index (χ0) is 30.8. The van der Waals surface area contributed by atoms with Crippen LogP contribution in [0.5, 0.6) is 0 Å². The minimum absolute atomic E-state index is 0.0336. The number of rotatable bonds is 7. The number of carbonyl (C=O) groups is 1. The largest absolute Gasteiger partial charge is 0.377 e. The van der Waals surface area contributed by atoms with Gasteiger partial charge < -0.3 is 10.2 Å². The molecular formula is C29H31ClN8O4S. The molecule has 14 heteroatoms. The molecule has 0 bridgehead atoms. The first-order valence-electron chi connectivity index (χ1n) is 13.8. The first-order valence-corrected chi connectivity index (χ1v) is 16.0. The Balaban J connectivity index is 1.37. The third kappa shape index (κ3) is 5.31. The molecular weight excluding hydrogens is 592 g/mol. The number of pyridine rings is 1. The number of amides is 1. The molecule has 3 atom stereocenters. The lowest BCUT2D eigenvalue weighted by Crippen LogP contribution is -2.33. The smallest absolute Gasteiger partial charge is 0.285 e. The summed E-state index contributed by atoms with van der Waals surface area (Å²) in [4.78, 5) is 46.5. The number of hydrogen-bond donors (Lipinski definition) is 2. The number of anilines is 2. The third-order valence-electron chi connectivity index (χ3n) is 8.31. The third-order valence-corrected chi connectivity index (χ3v) is 9.07. The predicted molar refractivity (Wildman–Crippen MR) is 164 cm³/mol. The Hall–Kier alpha value is -4.10. The van der Waals surface area contributed by atoms with E-state index >= 15 is 0 Å². The first-order chi connectivity index (χ1) is 20.3. The summed E-state index contributed by atoms with van der Waals surface area (Å²) < 4.78 is 27.0. The summed E-state index contributed by atoms with van der Waals surface area (Å²) >= 11 is 6.04. The second kappa shape index (κ2) is 10.3. The van der Waals surface area contributed by atoms with Gasteiger partial charge in [0.25, 0.3) is 11.5 Å². The lowest BCUT2D eigenvalue weighted by atomic mass is 9.98. The van der Waals surface area contributed by atoms with E-state index < -0.39 is 22.0 Å². The van der Waals surface area contributed by atoms with Gasteiger partial charge in [-0.25, -0.2) is 33.1 Å². The molecule has 1 amide bonds. The zero-order valence-electron chi connectivity index (χ0n) is 24.3. The van der Waals surface area contributed by atoms with Crippen LogP contribution in [-0.4, -0.2) is 58.2 Å². The topological polar surface area (TPSA) is 152 Å². The van der Waals surface area contributed by atoms with Crippen LogP contribution in [0, 0.1) is 19.8 Å². The number of hydrogen-bond acceptors (Lipinski definition) is 10. The summed E-state index contributed by atoms with van der Waals surface area (Å²) in [5.74, 6) is 0.826. The molecule has 43 heavy (non-hydrogen) atoms. The van der Waals surface area contributed by atoms with E-state index in [9.17, 15) is 18.0 Å². The first kappa shape index (κ1) is 29.0. The summed E-state index contributed by atoms with van der Waals surface area (Å²) in [5.41, 5.74) is 3.16. The van der Waals surface area contributed by atoms with Gasteiger partial charge in [0, 0.05) is 43.5 Å². The Morgan fingerprint density at radius 1 is 1.16 bits per heavy atom. The van der Waals surface area contributed by atoms with Crippen molar-refractivity contribution in [1.82, 2.24) is 29.2 Å². The highest BCUT2D eigenvalue weighted by atomic mass is 35.5. The summed E-state index contributed by atoms with van der Waals surface area (Å²) in [5, 5.41) is 3.77. The number of fused-ring (bicyclic) bond motifs is 2. The average Bonchev–Trinajstić information content (AvgIpc) is 3.51. The fraction of sp³-hybridized carbons (Fsp3) is 0.379. The number of benzene rings is 1. The lowest BCUT2D eigenvalue weighted by molar-refractivity contribution is 0.0977. The molecule has 4 aromatic rings. The summed E-state index contributed by atoms with van der Waals surface area (Å²) in [6.45, 7) is 7.12. The van der Waals surface area contributed by atoms with Crippen LogP contribution in [0.2, 0.25) is 5.15 Å². The van der Waals surface area contributed by atoms with Crippen molar-refractivity contribution in [3.05, 3.63) is 80.4 Å². The highest BCUT2D eigenvalue weighted by Gasteiger charge is 2.61. The maximum absolute atomic E-state index is 13.7. The number of nitrogens with zero attached hydrogens (tertiary/aromatic N) is 6. The normalized spacial score (nSPS) is 20.1. The Morgan fingerprint density at radius 3 is 2.58 bits per heavy atom. The molecule has 6 rings (SSSR count). The maximum Gasteiger partial charge on any atom is 0.285 e. The molecule has 1 saturated carbocycles. The highest BCUT2D eigenvalue weighted by Crippen LogP contribution is 2.59. The van der Waals surface area contributed by atoms with Crippen LogP contribution in [0.25, 0.3) is 10.9 Å². The number of carbonyl (C=O) groups excluding carboxylic acids is 1. The number of nitrogens with one attached hydrogen (secondary N) is 2. The van der Waals surface area contributed by atoms with Gasteiger partial charge >= 0.3 is 0 Å². The van der Waals surface area contributed by atoms with E-state index in [-0.39, 0.29) is 27.5 Å². The molecule has 1 saturated heterocycles. The minimum atomic E-state index is -3.83. The molecule has 1 aromatic carbocycles. The van der Waals surface area contributed by atoms with Gasteiger partial charge in [-0.1, -0.05) is 17.7 Å². The number of aryl methyl sites for hydroxylation is 2. The van der Waals surface area contributed by atoms with Gasteiger partial charge in [-0.2, -0.15) is 0 Å². The number of sulfonamides is 1. The van der Waals surface area contributed by atoms with Crippen molar-refractivity contribution >= 4 is 50.1 Å². The SMILES string of the molecule is Cc1cc([C@@H](C)Nc2ccc(Cl)nc2C(=O)NS(C)(=O)=O)c2nc(N3C[C@@H]4C[C@]4(c4cnc(C)nc4)C3)n(C)c(=O)c2c1. The van der Waals surface area contributed by atoms with Crippen molar-refractivity contribution in [2.75, 3.05) is 29.6 Å². The molecule has 2 N–H and O–H groups in total. The zero-order valence-corrected chi connectivity index (χ0v) is 25.9. The van der Waals surface area contributed by atoms with E-state index in [1.807, 2.05) is 50.0 Å². The van der Waals surface area contributed by atoms with Crippen LogP contribution in [0.4, 0.5) is 11.6 Å². The van der Waals surface area contributed by atoms with Gasteiger partial charge in [-0.15, -0.1) is 0 Å². The number of halogens is 1. The molecule has 1 aliphatic carbocycles. The van der Waals surface area contributed by atoms with Crippen molar-refractivity contribution in [3.8, 4) is 0 Å². The van der Waals surface area contributed by atoms with Crippen molar-refractivity contribution in [3.63, 3.8) is 0 Å². The second-order valence-electron chi connectivity index (χ2n) is 11.6. The van der Waals surface area contributed by atoms with Gasteiger partial charge in [0.2, 0.25) is 16.0 Å². The van der Waals surface area contributed by atoms with Crippen LogP contribution in [-0.2, 0) is 22.5 Å². The standard InChI is InChI=1S/C29H31ClN8O4S/c1-15-8-20(16(2)33-22-6-7-23(30)34-25(22)26(39)36-43(5,41)42)24-21(9-15)27(40)37(4)28(35-24)38-13-18-10-29(18,14-38)19-11-31-17(3)32-12-19/h6-9,11-12,16,18,33H,10,13-14H2,1-5H3,(H,36,39)/t16-,18+,29+/m1/s1. The van der Waals surface area contributed by atoms with Crippen molar-refractivity contribution in [1.29, 1.82) is 0 Å². The van der Waals surface area contributed by atoms with Crippen molar-refractivity contribution < 1.29 is 13.2 Å². The molecule has 2 aliphatic rings. The van der Waals surface area contributed by atoms with Crippen LogP contribution in [0.3, 0.4) is 0 Å². The van der Waals surface area contributed by atoms with Crippen LogP contribution in [0.1, 0.15) is 52.4 Å². The van der Waals surface area contributed by atoms with Gasteiger partial charge in [-0.3, -0.25) is 14.2 Å². The monoisotopic (exact) mass is 622 g/mol. The van der Waals surface area contributed by atoms with Gasteiger partial charge in [0.1, 0.15) is 11.0 Å². The average molecular weight is 623 g/mol. The maximum atomic E-state index is 13.7. The van der Waals surface area contributed by atoms with Crippen molar-refractivity contribution in [2.45, 2.75) is 38.6 Å². The van der Waals surface area contributed by atoms with Gasteiger partial charge in [-0.05, 0) is 62.4 Å². The van der Waals surface area contributed by atoms with Gasteiger partial charge in [0.15, 0.2) is 5.69 Å². The van der Waals surface area contributed by atoms with E-state index in [4.69, 9.17) is 16.6 Å². The Morgan fingerprint density at radius 2 is 1.88 bits per heavy atom. The van der Waals surface area contributed by atoms with Gasteiger partial charge in [0.05, 0.1) is 28.9 Å². The molecule has 12 nitrogen and oxygen atoms in total. The summed E-state index contributed by atoms with van der Waals surface area (Å²) in [7, 11) is -2.09. The fourth-order valence-electron chi connectivity index (χ4n) is 6.14. The van der Waals surface area contributed by atoms with E-state index in [1.165, 1.54) is 6.07 Å². The predicted octanol–water partition coefficient (Wildman–Crippen LogP) is 3.03. The van der Waals surface area contributed by atoms with Crippen LogP contribution < -0.4 is 20.5 Å². The molecule has 1 aliphatic heterocycles. The van der Waals surface area contributed by atoms with Crippen LogP contribution in [0.15, 0.2) is 41.5 Å². The summed E-state index contributed by atoms with van der Waals surface area (Å²) in [6.07, 6.45) is 5.74. The Bertz CT molecular complexity index is 1960. The van der Waals surface area contributed by atoms with Crippen molar-refractivity contribution in [2.24, 2.45) is 13.0 Å². The number of piperidine rings is 1. The molecule has 4 heterocycles. The Kier molecular flexibility index (Phi) is 6.92. The molecule has 0 spiro atoms. The molecule has 0 radical (unpaired) electrons. The highest BCUT2D eigenvalue weighted by molar-refractivity contribution is 7.89.